The predicted molar refractivity (Wildman–Crippen MR) is 146 cm³/mol. The second kappa shape index (κ2) is 9.02. The van der Waals surface area contributed by atoms with Crippen LogP contribution in [0.25, 0.3) is 0 Å². The van der Waals surface area contributed by atoms with E-state index in [2.05, 4.69) is 0 Å². The number of anilines is 2. The molecule has 0 bridgehead atoms. The van der Waals surface area contributed by atoms with Crippen LogP contribution in [0.5, 0.6) is 0 Å². The van der Waals surface area contributed by atoms with Crippen molar-refractivity contribution in [2.24, 2.45) is 11.3 Å². The van der Waals surface area contributed by atoms with Crippen LogP contribution in [0.1, 0.15) is 28.5 Å². The first-order valence-corrected chi connectivity index (χ1v) is 13.2. The molecule has 0 aromatic heterocycles. The lowest BCUT2D eigenvalue weighted by atomic mass is 9.54. The molecule has 41 heavy (non-hydrogen) atoms. The second-order valence-electron chi connectivity index (χ2n) is 10.7. The quantitative estimate of drug-likeness (QED) is 0.331. The number of benzene rings is 4. The molecule has 4 amide bonds. The van der Waals surface area contributed by atoms with Crippen LogP contribution in [0.4, 0.5) is 20.2 Å². The van der Waals surface area contributed by atoms with Gasteiger partial charge in [0.05, 0.1) is 34.5 Å². The summed E-state index contributed by atoms with van der Waals surface area (Å²) in [6, 6.07) is 26.1. The van der Waals surface area contributed by atoms with E-state index in [1.54, 1.807) is 36.4 Å². The van der Waals surface area contributed by atoms with Crippen molar-refractivity contribution in [1.82, 2.24) is 0 Å². The normalized spacial score (nSPS) is 24.9. The molecule has 0 N–H and O–H groups in total. The molecular weight excluding hydrogens is 526 g/mol. The van der Waals surface area contributed by atoms with E-state index in [0.29, 0.717) is 11.1 Å². The van der Waals surface area contributed by atoms with Crippen molar-refractivity contribution >= 4 is 35.0 Å². The molecule has 4 aromatic rings. The lowest BCUT2D eigenvalue weighted by molar-refractivity contribution is -0.138. The number of rotatable bonds is 4. The fourth-order valence-corrected chi connectivity index (χ4v) is 6.96. The first-order chi connectivity index (χ1) is 19.8. The number of hydrogen-bond acceptors (Lipinski definition) is 4. The number of halogens is 2. The van der Waals surface area contributed by atoms with Crippen molar-refractivity contribution in [3.05, 3.63) is 131 Å². The minimum Gasteiger partial charge on any atom is -0.274 e. The molecule has 2 fully saturated rings. The molecule has 0 saturated carbocycles. The molecule has 2 saturated heterocycles. The highest BCUT2D eigenvalue weighted by Crippen LogP contribution is 2.63. The van der Waals surface area contributed by atoms with Crippen LogP contribution in [0.2, 0.25) is 0 Å². The Morgan fingerprint density at radius 2 is 1.12 bits per heavy atom. The van der Waals surface area contributed by atoms with E-state index in [-0.39, 0.29) is 17.8 Å². The van der Waals surface area contributed by atoms with Gasteiger partial charge in [-0.3, -0.25) is 19.2 Å². The van der Waals surface area contributed by atoms with Crippen LogP contribution in [0, 0.1) is 23.0 Å². The van der Waals surface area contributed by atoms with E-state index in [0.717, 1.165) is 27.5 Å². The Bertz CT molecular complexity index is 1740. The zero-order valence-electron chi connectivity index (χ0n) is 21.5. The summed E-state index contributed by atoms with van der Waals surface area (Å²) in [5.74, 6) is -6.67. The van der Waals surface area contributed by atoms with Crippen molar-refractivity contribution in [2.75, 3.05) is 9.80 Å². The van der Waals surface area contributed by atoms with Crippen molar-refractivity contribution < 1.29 is 28.0 Å². The van der Waals surface area contributed by atoms with Gasteiger partial charge < -0.3 is 0 Å². The van der Waals surface area contributed by atoms with Crippen molar-refractivity contribution in [1.29, 1.82) is 0 Å². The number of carbonyl (C=O) groups excluding carboxylic acids is 4. The summed E-state index contributed by atoms with van der Waals surface area (Å²) in [6.07, 6.45) is 0.0204. The standard InChI is InChI=1S/C33H22F2N2O4/c34-20-10-14-22(15-11-20)36-29(38)26-24-8-4-5-9-25(24)27-30(39)37(23-16-12-21(35)13-17-23)32(41)33(27,28(26)31(36)40)18-19-6-2-1-3-7-19/h1-17,26-28H,18H2/t26-,27-,28+,33-/m1/s1. The number of hydrogen-bond donors (Lipinski definition) is 0. The summed E-state index contributed by atoms with van der Waals surface area (Å²) in [6.45, 7) is 0. The van der Waals surface area contributed by atoms with Gasteiger partial charge in [0.1, 0.15) is 11.6 Å². The van der Waals surface area contributed by atoms with Crippen molar-refractivity contribution in [3.63, 3.8) is 0 Å². The van der Waals surface area contributed by atoms with E-state index in [1.165, 1.54) is 36.4 Å². The Kier molecular flexibility index (Phi) is 5.51. The Morgan fingerprint density at radius 1 is 0.585 bits per heavy atom. The number of amides is 4. The van der Waals surface area contributed by atoms with Gasteiger partial charge in [-0.25, -0.2) is 18.6 Å². The Balaban J connectivity index is 1.49. The molecule has 0 radical (unpaired) electrons. The number of imide groups is 2. The van der Waals surface area contributed by atoms with E-state index in [4.69, 9.17) is 0 Å². The first-order valence-electron chi connectivity index (χ1n) is 13.2. The third-order valence-corrected chi connectivity index (χ3v) is 8.60. The molecule has 3 aliphatic rings. The molecule has 1 aliphatic carbocycles. The maximum Gasteiger partial charge on any atom is 0.242 e. The average Bonchev–Trinajstić information content (AvgIpc) is 3.37. The van der Waals surface area contributed by atoms with Gasteiger partial charge >= 0.3 is 0 Å². The summed E-state index contributed by atoms with van der Waals surface area (Å²) < 4.78 is 27.6. The highest BCUT2D eigenvalue weighted by Gasteiger charge is 2.73. The van der Waals surface area contributed by atoms with Crippen LogP contribution < -0.4 is 9.80 Å². The summed E-state index contributed by atoms with van der Waals surface area (Å²) in [5.41, 5.74) is 0.466. The SMILES string of the molecule is O=C1[C@@H]2c3ccccc3[C@@H]3C(=O)N(c4ccc(F)cc4)C(=O)[C@@]3(Cc3ccccc3)[C@@H]2C(=O)N1c1ccc(F)cc1. The van der Waals surface area contributed by atoms with E-state index in [9.17, 15) is 28.0 Å². The molecule has 4 aromatic carbocycles. The van der Waals surface area contributed by atoms with E-state index >= 15 is 0 Å². The minimum atomic E-state index is -1.65. The monoisotopic (exact) mass is 548 g/mol. The molecule has 2 heterocycles. The zero-order valence-corrected chi connectivity index (χ0v) is 21.5. The smallest absolute Gasteiger partial charge is 0.242 e. The fraction of sp³-hybridized carbons (Fsp3) is 0.152. The van der Waals surface area contributed by atoms with E-state index in [1.807, 2.05) is 18.2 Å². The van der Waals surface area contributed by atoms with Gasteiger partial charge in [-0.05, 0) is 71.6 Å². The summed E-state index contributed by atoms with van der Waals surface area (Å²) in [7, 11) is 0. The van der Waals surface area contributed by atoms with Gasteiger partial charge in [0.15, 0.2) is 0 Å². The molecule has 4 atom stereocenters. The van der Waals surface area contributed by atoms with Gasteiger partial charge in [0.25, 0.3) is 0 Å². The number of carbonyl (C=O) groups is 4. The van der Waals surface area contributed by atoms with Gasteiger partial charge in [0.2, 0.25) is 23.6 Å². The molecule has 6 nitrogen and oxygen atoms in total. The van der Waals surface area contributed by atoms with Crippen molar-refractivity contribution in [2.45, 2.75) is 18.3 Å². The molecule has 0 spiro atoms. The van der Waals surface area contributed by atoms with Crippen LogP contribution in [-0.2, 0) is 25.6 Å². The summed E-state index contributed by atoms with van der Waals surface area (Å²) in [4.78, 5) is 59.6. The minimum absolute atomic E-state index is 0.0204. The largest absolute Gasteiger partial charge is 0.274 e. The molecule has 2 aliphatic heterocycles. The highest BCUT2D eigenvalue weighted by atomic mass is 19.1. The zero-order chi connectivity index (χ0) is 28.5. The number of fused-ring (bicyclic) bond motifs is 6. The van der Waals surface area contributed by atoms with Gasteiger partial charge in [-0.2, -0.15) is 0 Å². The summed E-state index contributed by atoms with van der Waals surface area (Å²) >= 11 is 0. The average molecular weight is 549 g/mol. The molecule has 8 heteroatoms. The third kappa shape index (κ3) is 3.46. The third-order valence-electron chi connectivity index (χ3n) is 8.60. The van der Waals surface area contributed by atoms with Crippen LogP contribution in [0.15, 0.2) is 103 Å². The summed E-state index contributed by atoms with van der Waals surface area (Å²) in [5, 5.41) is 0. The topological polar surface area (TPSA) is 74.8 Å². The lowest BCUT2D eigenvalue weighted by Crippen LogP contribution is -2.51. The van der Waals surface area contributed by atoms with Gasteiger partial charge in [-0.1, -0.05) is 54.6 Å². The fourth-order valence-electron chi connectivity index (χ4n) is 6.96. The second-order valence-corrected chi connectivity index (χ2v) is 10.7. The van der Waals surface area contributed by atoms with Crippen LogP contribution >= 0.6 is 0 Å². The molecule has 0 unspecified atom stereocenters. The first kappa shape index (κ1) is 25.0. The van der Waals surface area contributed by atoms with Crippen LogP contribution in [0.3, 0.4) is 0 Å². The Hall–Kier alpha value is -4.98. The predicted octanol–water partition coefficient (Wildman–Crippen LogP) is 5.14. The lowest BCUT2D eigenvalue weighted by Gasteiger charge is -2.43. The number of nitrogens with zero attached hydrogens (tertiary/aromatic N) is 2. The van der Waals surface area contributed by atoms with Crippen molar-refractivity contribution in [3.8, 4) is 0 Å². The Morgan fingerprint density at radius 3 is 1.73 bits per heavy atom. The maximum absolute atomic E-state index is 14.7. The van der Waals surface area contributed by atoms with Gasteiger partial charge in [-0.15, -0.1) is 0 Å². The maximum atomic E-state index is 14.7. The van der Waals surface area contributed by atoms with Crippen LogP contribution in [-0.4, -0.2) is 23.6 Å². The molecular formula is C33H22F2N2O4. The van der Waals surface area contributed by atoms with E-state index < -0.39 is 58.4 Å². The molecule has 7 rings (SSSR count). The Labute approximate surface area is 233 Å². The van der Waals surface area contributed by atoms with Gasteiger partial charge in [0, 0.05) is 0 Å². The highest BCUT2D eigenvalue weighted by molar-refractivity contribution is 6.31. The molecule has 202 valence electrons.